The molecule has 17 nitrogen and oxygen atoms in total. The standard InChI is InChI=1S/C24H29NO16/c1-40-17-14(26)11-8-12(15(27)13(11)16(28)18(17)41-2)19(29,30)20(31)21(32,33)23(36,37)25(24(38,39)22(20,34)35)9-10-6-4-3-5-7-10/h3-7,12,26,28-39H,8-9H2,1-2H3. The van der Waals surface area contributed by atoms with Gasteiger partial charge in [-0.25, -0.2) is 0 Å². The summed E-state index contributed by atoms with van der Waals surface area (Å²) in [5.41, 5.74) is -6.51. The fraction of sp³-hybridized carbons (Fsp3) is 0.458. The molecule has 4 rings (SSSR count). The molecule has 0 radical (unpaired) electrons. The van der Waals surface area contributed by atoms with E-state index in [0.717, 1.165) is 14.2 Å². The van der Waals surface area contributed by atoms with Crippen molar-refractivity contribution in [3.63, 3.8) is 0 Å². The summed E-state index contributed by atoms with van der Waals surface area (Å²) >= 11 is 0. The van der Waals surface area contributed by atoms with Gasteiger partial charge in [-0.1, -0.05) is 30.3 Å². The topological polar surface area (TPSA) is 302 Å². The Morgan fingerprint density at radius 3 is 1.76 bits per heavy atom. The van der Waals surface area contributed by atoms with Gasteiger partial charge in [0, 0.05) is 12.1 Å². The molecular formula is C24H29NO16. The third-order valence-electron chi connectivity index (χ3n) is 7.74. The third kappa shape index (κ3) is 3.57. The van der Waals surface area contributed by atoms with E-state index in [-0.39, 0.29) is 5.56 Å². The van der Waals surface area contributed by atoms with Crippen LogP contribution in [-0.4, -0.2) is 126 Å². The first-order valence-corrected chi connectivity index (χ1v) is 11.7. The van der Waals surface area contributed by atoms with E-state index in [4.69, 9.17) is 9.47 Å². The van der Waals surface area contributed by atoms with Crippen LogP contribution in [0.5, 0.6) is 23.0 Å². The van der Waals surface area contributed by atoms with Gasteiger partial charge in [-0.3, -0.25) is 4.79 Å². The van der Waals surface area contributed by atoms with Gasteiger partial charge in [0.05, 0.1) is 25.7 Å². The van der Waals surface area contributed by atoms with Gasteiger partial charge in [0.15, 0.2) is 17.3 Å². The number of piperidine rings is 1. The van der Waals surface area contributed by atoms with Crippen molar-refractivity contribution in [3.8, 4) is 23.0 Å². The summed E-state index contributed by atoms with van der Waals surface area (Å²) < 4.78 is 9.83. The minimum absolute atomic E-state index is 0.0148. The third-order valence-corrected chi connectivity index (χ3v) is 7.74. The molecule has 1 aliphatic carbocycles. The molecule has 0 aromatic heterocycles. The largest absolute Gasteiger partial charge is 0.504 e. The summed E-state index contributed by atoms with van der Waals surface area (Å²) in [7, 11) is 2.05. The zero-order valence-electron chi connectivity index (χ0n) is 21.4. The smallest absolute Gasteiger partial charge is 0.290 e. The average Bonchev–Trinajstić information content (AvgIpc) is 3.26. The van der Waals surface area contributed by atoms with Crippen molar-refractivity contribution in [2.45, 2.75) is 47.8 Å². The number of phenols is 2. The maximum absolute atomic E-state index is 13.3. The molecule has 2 aromatic carbocycles. The summed E-state index contributed by atoms with van der Waals surface area (Å²) in [6, 6.07) is 6.81. The molecule has 1 saturated heterocycles. The van der Waals surface area contributed by atoms with Gasteiger partial charge < -0.3 is 75.9 Å². The monoisotopic (exact) mass is 587 g/mol. The zero-order chi connectivity index (χ0) is 31.1. The van der Waals surface area contributed by atoms with Crippen molar-refractivity contribution in [3.05, 3.63) is 47.0 Å². The zero-order valence-corrected chi connectivity index (χ0v) is 21.4. The van der Waals surface area contributed by atoms with Crippen LogP contribution in [0.25, 0.3) is 0 Å². The van der Waals surface area contributed by atoms with Crippen molar-refractivity contribution in [1.82, 2.24) is 4.90 Å². The van der Waals surface area contributed by atoms with Crippen LogP contribution in [0.4, 0.5) is 0 Å². The molecule has 41 heavy (non-hydrogen) atoms. The molecule has 0 saturated carbocycles. The number of fused-ring (bicyclic) bond motifs is 1. The van der Waals surface area contributed by atoms with Crippen LogP contribution < -0.4 is 9.47 Å². The highest BCUT2D eigenvalue weighted by Gasteiger charge is 2.90. The van der Waals surface area contributed by atoms with Crippen LogP contribution in [0.2, 0.25) is 0 Å². The lowest BCUT2D eigenvalue weighted by Crippen LogP contribution is -2.97. The summed E-state index contributed by atoms with van der Waals surface area (Å²) in [4.78, 5) is 12.8. The quantitative estimate of drug-likeness (QED) is 0.111. The van der Waals surface area contributed by atoms with E-state index in [9.17, 15) is 71.2 Å². The second kappa shape index (κ2) is 9.16. The number of aliphatic hydroxyl groups is 11. The molecule has 1 fully saturated rings. The van der Waals surface area contributed by atoms with Crippen LogP contribution >= 0.6 is 0 Å². The second-order valence-corrected chi connectivity index (χ2v) is 9.86. The van der Waals surface area contributed by atoms with E-state index >= 15 is 0 Å². The minimum atomic E-state index is -5.06. The van der Waals surface area contributed by atoms with Crippen LogP contribution in [-0.2, 0) is 13.0 Å². The number of ether oxygens (including phenoxy) is 2. The number of hydrogen-bond acceptors (Lipinski definition) is 17. The van der Waals surface area contributed by atoms with E-state index in [1.54, 1.807) is 0 Å². The van der Waals surface area contributed by atoms with Gasteiger partial charge in [-0.2, -0.15) is 4.90 Å². The summed E-state index contributed by atoms with van der Waals surface area (Å²) in [5.74, 6) is -30.9. The lowest BCUT2D eigenvalue weighted by Gasteiger charge is -2.65. The van der Waals surface area contributed by atoms with E-state index in [1.165, 1.54) is 30.3 Å². The molecule has 0 bridgehead atoms. The van der Waals surface area contributed by atoms with E-state index in [2.05, 4.69) is 0 Å². The average molecular weight is 587 g/mol. The highest BCUT2D eigenvalue weighted by atomic mass is 16.7. The van der Waals surface area contributed by atoms with Gasteiger partial charge in [0.2, 0.25) is 22.9 Å². The van der Waals surface area contributed by atoms with Crippen LogP contribution in [0.3, 0.4) is 0 Å². The Balaban J connectivity index is 1.90. The molecule has 2 aliphatic rings. The SMILES string of the molecule is COc1c(O)c2c(c(O)c1OC)C(=O)C(C(O)(O)C1(O)C(O)(O)C(O)(O)N(Cc3ccccc3)C(O)(O)C1(O)O)C2. The number of benzene rings is 2. The Bertz CT molecular complexity index is 1340. The predicted molar refractivity (Wildman–Crippen MR) is 127 cm³/mol. The van der Waals surface area contributed by atoms with Crippen LogP contribution in [0, 0.1) is 5.92 Å². The number of carbonyl (C=O) groups excluding carboxylic acids is 1. The molecule has 1 unspecified atom stereocenters. The van der Waals surface area contributed by atoms with Crippen molar-refractivity contribution < 1.29 is 80.7 Å². The predicted octanol–water partition coefficient (Wildman–Crippen LogP) is -4.96. The Kier molecular flexibility index (Phi) is 6.88. The highest BCUT2D eigenvalue weighted by molar-refractivity contribution is 6.07. The summed E-state index contributed by atoms with van der Waals surface area (Å²) in [6.45, 7) is -1.10. The van der Waals surface area contributed by atoms with E-state index < -0.39 is 98.5 Å². The number of methoxy groups -OCH3 is 2. The Morgan fingerprint density at radius 2 is 1.29 bits per heavy atom. The highest BCUT2D eigenvalue weighted by Crippen LogP contribution is 2.59. The maximum Gasteiger partial charge on any atom is 0.290 e. The fourth-order valence-electron chi connectivity index (χ4n) is 5.44. The normalized spacial score (nSPS) is 24.1. The van der Waals surface area contributed by atoms with Crippen molar-refractivity contribution in [1.29, 1.82) is 0 Å². The molecule has 1 heterocycles. The van der Waals surface area contributed by atoms with Crippen molar-refractivity contribution >= 4 is 5.78 Å². The minimum Gasteiger partial charge on any atom is -0.504 e. The second-order valence-electron chi connectivity index (χ2n) is 9.86. The number of carbonyl (C=O) groups is 1. The maximum atomic E-state index is 13.3. The summed E-state index contributed by atoms with van der Waals surface area (Å²) in [5, 5.41) is 141. The number of nitrogens with zero attached hydrogens (tertiary/aromatic N) is 1. The molecule has 1 atom stereocenters. The Labute approximate surface area is 229 Å². The number of ketones is 1. The molecule has 17 heteroatoms. The molecule has 0 spiro atoms. The van der Waals surface area contributed by atoms with E-state index in [1.807, 2.05) is 0 Å². The number of likely N-dealkylation sites (tertiary alicyclic amines) is 1. The van der Waals surface area contributed by atoms with Crippen LogP contribution in [0.15, 0.2) is 30.3 Å². The molecule has 1 aliphatic heterocycles. The summed E-state index contributed by atoms with van der Waals surface area (Å²) in [6.07, 6.45) is -1.11. The molecule has 2 aromatic rings. The first kappa shape index (κ1) is 30.8. The van der Waals surface area contributed by atoms with E-state index in [0.29, 0.717) is 0 Å². The first-order valence-electron chi connectivity index (χ1n) is 11.7. The van der Waals surface area contributed by atoms with Crippen molar-refractivity contribution in [2.75, 3.05) is 14.2 Å². The lowest BCUT2D eigenvalue weighted by molar-refractivity contribution is -0.620. The molecule has 13 N–H and O–H groups in total. The van der Waals surface area contributed by atoms with Gasteiger partial charge in [-0.15, -0.1) is 0 Å². The Hall–Kier alpha value is -3.17. The van der Waals surface area contributed by atoms with Gasteiger partial charge >= 0.3 is 0 Å². The fourth-order valence-corrected chi connectivity index (χ4v) is 5.44. The van der Waals surface area contributed by atoms with Gasteiger partial charge in [-0.05, 0) is 12.0 Å². The molecule has 0 amide bonds. The Morgan fingerprint density at radius 1 is 0.829 bits per heavy atom. The lowest BCUT2D eigenvalue weighted by atomic mass is 9.65. The van der Waals surface area contributed by atoms with Gasteiger partial charge in [0.1, 0.15) is 0 Å². The molecular weight excluding hydrogens is 558 g/mol. The number of rotatable bonds is 6. The molecule has 226 valence electrons. The first-order chi connectivity index (χ1) is 18.7. The number of Topliss-reactive ketones (excluding diaryl/α,β-unsaturated/α-hetero) is 1. The number of phenolic OH excluding ortho intramolecular Hbond substituents is 2. The number of aromatic hydroxyl groups is 2. The van der Waals surface area contributed by atoms with Crippen molar-refractivity contribution in [2.24, 2.45) is 5.92 Å². The van der Waals surface area contributed by atoms with Gasteiger partial charge in [0.25, 0.3) is 23.4 Å². The van der Waals surface area contributed by atoms with Crippen LogP contribution in [0.1, 0.15) is 21.5 Å². The number of hydrogen-bond donors (Lipinski definition) is 13.